The molecule has 0 spiro atoms. The van der Waals surface area contributed by atoms with Crippen LogP contribution in [-0.2, 0) is 11.3 Å². The summed E-state index contributed by atoms with van der Waals surface area (Å²) in [6.07, 6.45) is 0. The Morgan fingerprint density at radius 2 is 1.76 bits per heavy atom. The number of hydrogen-bond acceptors (Lipinski definition) is 2. The second-order valence-corrected chi connectivity index (χ2v) is 4.64. The number of rotatable bonds is 4. The van der Waals surface area contributed by atoms with Crippen molar-refractivity contribution in [2.45, 2.75) is 27.3 Å². The molecule has 0 aliphatic heterocycles. The minimum atomic E-state index is 0.116. The van der Waals surface area contributed by atoms with E-state index in [4.69, 9.17) is 0 Å². The molecule has 17 heavy (non-hydrogen) atoms. The summed E-state index contributed by atoms with van der Waals surface area (Å²) in [6.45, 7) is 7.38. The number of nitrogens with one attached hydrogen (secondary N) is 1. The third-order valence-electron chi connectivity index (χ3n) is 3.11. The van der Waals surface area contributed by atoms with Crippen LogP contribution in [-0.4, -0.2) is 31.4 Å². The lowest BCUT2D eigenvalue weighted by Crippen LogP contribution is -2.33. The molecule has 0 radical (unpaired) electrons. The van der Waals surface area contributed by atoms with Gasteiger partial charge in [-0.2, -0.15) is 0 Å². The molecule has 0 saturated heterocycles. The maximum Gasteiger partial charge on any atom is 0.236 e. The van der Waals surface area contributed by atoms with Crippen molar-refractivity contribution >= 4 is 5.91 Å². The van der Waals surface area contributed by atoms with E-state index in [0.29, 0.717) is 13.1 Å². The highest BCUT2D eigenvalue weighted by atomic mass is 16.2. The van der Waals surface area contributed by atoms with Crippen LogP contribution >= 0.6 is 0 Å². The molecule has 94 valence electrons. The molecule has 0 aliphatic carbocycles. The van der Waals surface area contributed by atoms with Gasteiger partial charge in [0.25, 0.3) is 0 Å². The van der Waals surface area contributed by atoms with E-state index in [1.54, 1.807) is 11.9 Å². The molecule has 0 unspecified atom stereocenters. The Labute approximate surface area is 104 Å². The Balaban J connectivity index is 2.81. The van der Waals surface area contributed by atoms with E-state index in [2.05, 4.69) is 38.2 Å². The molecule has 0 heterocycles. The zero-order valence-corrected chi connectivity index (χ0v) is 11.4. The Bertz CT molecular complexity index is 413. The summed E-state index contributed by atoms with van der Waals surface area (Å²) in [6, 6.07) is 4.36. The van der Waals surface area contributed by atoms with Crippen LogP contribution in [0.2, 0.25) is 0 Å². The molecule has 0 saturated carbocycles. The highest BCUT2D eigenvalue weighted by molar-refractivity contribution is 5.77. The van der Waals surface area contributed by atoms with Crippen LogP contribution in [0.25, 0.3) is 0 Å². The van der Waals surface area contributed by atoms with Gasteiger partial charge in [0, 0.05) is 13.6 Å². The number of nitrogens with zero attached hydrogens (tertiary/aromatic N) is 1. The Morgan fingerprint density at radius 3 is 2.35 bits per heavy atom. The molecular formula is C14H22N2O. The van der Waals surface area contributed by atoms with Gasteiger partial charge in [-0.05, 0) is 50.1 Å². The monoisotopic (exact) mass is 234 g/mol. The molecule has 1 rings (SSSR count). The largest absolute Gasteiger partial charge is 0.340 e. The molecule has 3 heteroatoms. The molecule has 1 amide bonds. The third-order valence-corrected chi connectivity index (χ3v) is 3.11. The van der Waals surface area contributed by atoms with Crippen molar-refractivity contribution in [3.63, 3.8) is 0 Å². The smallest absolute Gasteiger partial charge is 0.236 e. The summed E-state index contributed by atoms with van der Waals surface area (Å²) in [7, 11) is 3.63. The number of carbonyl (C=O) groups excluding carboxylic acids is 1. The zero-order chi connectivity index (χ0) is 13.0. The summed E-state index contributed by atoms with van der Waals surface area (Å²) in [5, 5.41) is 2.88. The van der Waals surface area contributed by atoms with E-state index in [1.807, 2.05) is 7.05 Å². The molecular weight excluding hydrogens is 212 g/mol. The number of carbonyl (C=O) groups is 1. The van der Waals surface area contributed by atoms with Crippen LogP contribution in [0.3, 0.4) is 0 Å². The lowest BCUT2D eigenvalue weighted by Gasteiger charge is -2.19. The van der Waals surface area contributed by atoms with Crippen LogP contribution in [0.1, 0.15) is 22.3 Å². The molecule has 0 aromatic heterocycles. The van der Waals surface area contributed by atoms with Crippen LogP contribution in [0.15, 0.2) is 12.1 Å². The van der Waals surface area contributed by atoms with E-state index in [0.717, 1.165) is 0 Å². The number of likely N-dealkylation sites (N-methyl/N-ethyl adjacent to an activating group) is 2. The average molecular weight is 234 g/mol. The minimum Gasteiger partial charge on any atom is -0.340 e. The fourth-order valence-corrected chi connectivity index (χ4v) is 1.82. The first-order valence-electron chi connectivity index (χ1n) is 5.91. The SMILES string of the molecule is CNCC(=O)N(C)Cc1cc(C)c(C)cc1C. The van der Waals surface area contributed by atoms with Crippen molar-refractivity contribution in [1.29, 1.82) is 0 Å². The van der Waals surface area contributed by atoms with Gasteiger partial charge in [-0.3, -0.25) is 4.79 Å². The first-order chi connectivity index (χ1) is 7.95. The normalized spacial score (nSPS) is 10.4. The second-order valence-electron chi connectivity index (χ2n) is 4.64. The maximum atomic E-state index is 11.7. The summed E-state index contributed by atoms with van der Waals surface area (Å²) >= 11 is 0. The van der Waals surface area contributed by atoms with E-state index in [1.165, 1.54) is 22.3 Å². The number of benzene rings is 1. The highest BCUT2D eigenvalue weighted by Gasteiger charge is 2.10. The predicted octanol–water partition coefficient (Wildman–Crippen LogP) is 1.79. The third kappa shape index (κ3) is 3.56. The van der Waals surface area contributed by atoms with Crippen molar-refractivity contribution in [3.05, 3.63) is 34.4 Å². The van der Waals surface area contributed by atoms with E-state index in [-0.39, 0.29) is 5.91 Å². The van der Waals surface area contributed by atoms with Crippen LogP contribution in [0.4, 0.5) is 0 Å². The molecule has 1 N–H and O–H groups in total. The maximum absolute atomic E-state index is 11.7. The van der Waals surface area contributed by atoms with Crippen molar-refractivity contribution < 1.29 is 4.79 Å². The lowest BCUT2D eigenvalue weighted by molar-refractivity contribution is -0.129. The Kier molecular flexibility index (Phi) is 4.70. The molecule has 1 aromatic rings. The van der Waals surface area contributed by atoms with Gasteiger partial charge in [0.1, 0.15) is 0 Å². The second kappa shape index (κ2) is 5.82. The van der Waals surface area contributed by atoms with Gasteiger partial charge in [0.15, 0.2) is 0 Å². The molecule has 3 nitrogen and oxygen atoms in total. The first-order valence-corrected chi connectivity index (χ1v) is 5.91. The number of hydrogen-bond donors (Lipinski definition) is 1. The molecule has 1 aromatic carbocycles. The van der Waals surface area contributed by atoms with E-state index < -0.39 is 0 Å². The highest BCUT2D eigenvalue weighted by Crippen LogP contribution is 2.16. The molecule has 0 aliphatic rings. The predicted molar refractivity (Wildman–Crippen MR) is 71.1 cm³/mol. The van der Waals surface area contributed by atoms with Gasteiger partial charge in [-0.1, -0.05) is 12.1 Å². The van der Waals surface area contributed by atoms with Crippen LogP contribution < -0.4 is 5.32 Å². The molecule has 0 atom stereocenters. The van der Waals surface area contributed by atoms with Crippen LogP contribution in [0, 0.1) is 20.8 Å². The summed E-state index contributed by atoms with van der Waals surface area (Å²) in [4.78, 5) is 13.4. The van der Waals surface area contributed by atoms with Crippen molar-refractivity contribution in [1.82, 2.24) is 10.2 Å². The van der Waals surface area contributed by atoms with Gasteiger partial charge < -0.3 is 10.2 Å². The Hall–Kier alpha value is -1.35. The van der Waals surface area contributed by atoms with Gasteiger partial charge in [0.2, 0.25) is 5.91 Å². The van der Waals surface area contributed by atoms with Gasteiger partial charge in [-0.25, -0.2) is 0 Å². The van der Waals surface area contributed by atoms with E-state index >= 15 is 0 Å². The standard InChI is InChI=1S/C14H22N2O/c1-10-6-12(3)13(7-11(10)2)9-16(5)14(17)8-15-4/h6-7,15H,8-9H2,1-5H3. The number of aryl methyl sites for hydroxylation is 3. The zero-order valence-electron chi connectivity index (χ0n) is 11.4. The average Bonchev–Trinajstić information content (AvgIpc) is 2.26. The van der Waals surface area contributed by atoms with Crippen molar-refractivity contribution in [3.8, 4) is 0 Å². The fourth-order valence-electron chi connectivity index (χ4n) is 1.82. The van der Waals surface area contributed by atoms with Crippen molar-refractivity contribution in [2.24, 2.45) is 0 Å². The molecule has 0 bridgehead atoms. The fraction of sp³-hybridized carbons (Fsp3) is 0.500. The minimum absolute atomic E-state index is 0.116. The topological polar surface area (TPSA) is 32.3 Å². The lowest BCUT2D eigenvalue weighted by atomic mass is 10.0. The van der Waals surface area contributed by atoms with Gasteiger partial charge >= 0.3 is 0 Å². The van der Waals surface area contributed by atoms with Crippen molar-refractivity contribution in [2.75, 3.05) is 20.6 Å². The van der Waals surface area contributed by atoms with Gasteiger partial charge in [0.05, 0.1) is 6.54 Å². The molecule has 0 fully saturated rings. The number of amides is 1. The van der Waals surface area contributed by atoms with E-state index in [9.17, 15) is 4.79 Å². The van der Waals surface area contributed by atoms with Gasteiger partial charge in [-0.15, -0.1) is 0 Å². The first kappa shape index (κ1) is 13.7. The summed E-state index contributed by atoms with van der Waals surface area (Å²) < 4.78 is 0. The quantitative estimate of drug-likeness (QED) is 0.861. The summed E-state index contributed by atoms with van der Waals surface area (Å²) in [5.41, 5.74) is 5.05. The summed E-state index contributed by atoms with van der Waals surface area (Å²) in [5.74, 6) is 0.116. The van der Waals surface area contributed by atoms with Crippen LogP contribution in [0.5, 0.6) is 0 Å². The Morgan fingerprint density at radius 1 is 1.18 bits per heavy atom.